The van der Waals surface area contributed by atoms with Crippen molar-refractivity contribution in [1.82, 2.24) is 4.90 Å². The molecule has 104 valence electrons. The van der Waals surface area contributed by atoms with Gasteiger partial charge in [-0.15, -0.1) is 0 Å². The number of carbonyl (C=O) groups is 1. The van der Waals surface area contributed by atoms with Gasteiger partial charge in [-0.05, 0) is 38.3 Å². The molecule has 0 bridgehead atoms. The van der Waals surface area contributed by atoms with Crippen molar-refractivity contribution >= 4 is 5.91 Å². The Morgan fingerprint density at radius 2 is 2.11 bits per heavy atom. The second-order valence-electron chi connectivity index (χ2n) is 5.50. The Morgan fingerprint density at radius 3 is 2.79 bits per heavy atom. The molecule has 0 saturated carbocycles. The molecule has 1 aromatic rings. The third-order valence-corrected chi connectivity index (χ3v) is 3.96. The van der Waals surface area contributed by atoms with Crippen LogP contribution in [-0.2, 0) is 0 Å². The van der Waals surface area contributed by atoms with Crippen molar-refractivity contribution in [3.05, 3.63) is 34.9 Å². The largest absolute Gasteiger partial charge is 0.394 e. The minimum atomic E-state index is -0.0179. The van der Waals surface area contributed by atoms with E-state index in [0.29, 0.717) is 0 Å². The summed E-state index contributed by atoms with van der Waals surface area (Å²) in [6.07, 6.45) is 4.19. The van der Waals surface area contributed by atoms with E-state index in [4.69, 9.17) is 0 Å². The Labute approximate surface area is 115 Å². The van der Waals surface area contributed by atoms with E-state index in [1.54, 1.807) is 0 Å². The molecular weight excluding hydrogens is 238 g/mol. The highest BCUT2D eigenvalue weighted by molar-refractivity contribution is 5.96. The van der Waals surface area contributed by atoms with Crippen LogP contribution in [0.1, 0.15) is 47.2 Å². The van der Waals surface area contributed by atoms with Crippen LogP contribution in [0, 0.1) is 13.8 Å². The van der Waals surface area contributed by atoms with Crippen molar-refractivity contribution in [3.8, 4) is 0 Å². The molecule has 1 heterocycles. The van der Waals surface area contributed by atoms with E-state index >= 15 is 0 Å². The molecule has 0 aromatic heterocycles. The van der Waals surface area contributed by atoms with Gasteiger partial charge >= 0.3 is 0 Å². The van der Waals surface area contributed by atoms with Gasteiger partial charge in [-0.3, -0.25) is 4.79 Å². The van der Waals surface area contributed by atoms with Crippen molar-refractivity contribution in [2.75, 3.05) is 13.2 Å². The van der Waals surface area contributed by atoms with Gasteiger partial charge < -0.3 is 10.0 Å². The zero-order chi connectivity index (χ0) is 13.8. The molecule has 1 atom stereocenters. The Bertz CT molecular complexity index is 456. The first-order valence-corrected chi connectivity index (χ1v) is 7.12. The van der Waals surface area contributed by atoms with Gasteiger partial charge in [-0.25, -0.2) is 0 Å². The zero-order valence-electron chi connectivity index (χ0n) is 11.9. The summed E-state index contributed by atoms with van der Waals surface area (Å²) in [4.78, 5) is 14.5. The van der Waals surface area contributed by atoms with E-state index in [9.17, 15) is 9.90 Å². The minimum Gasteiger partial charge on any atom is -0.394 e. The first kappa shape index (κ1) is 14.1. The first-order chi connectivity index (χ1) is 9.13. The SMILES string of the molecule is Cc1ccc(C(=O)N2CCCCCC2CO)c(C)c1. The number of hydrogen-bond donors (Lipinski definition) is 1. The summed E-state index contributed by atoms with van der Waals surface area (Å²) < 4.78 is 0. The number of aryl methyl sites for hydroxylation is 2. The molecule has 2 rings (SSSR count). The van der Waals surface area contributed by atoms with Crippen molar-refractivity contribution in [3.63, 3.8) is 0 Å². The van der Waals surface area contributed by atoms with Crippen molar-refractivity contribution < 1.29 is 9.90 Å². The van der Waals surface area contributed by atoms with Crippen LogP contribution in [0.15, 0.2) is 18.2 Å². The highest BCUT2D eigenvalue weighted by Gasteiger charge is 2.26. The van der Waals surface area contributed by atoms with Gasteiger partial charge in [0.1, 0.15) is 0 Å². The lowest BCUT2D eigenvalue weighted by Crippen LogP contribution is -2.42. The normalized spacial score (nSPS) is 20.2. The molecule has 1 N–H and O–H groups in total. The quantitative estimate of drug-likeness (QED) is 0.889. The molecule has 0 spiro atoms. The summed E-state index contributed by atoms with van der Waals surface area (Å²) in [6.45, 7) is 4.84. The number of nitrogens with zero attached hydrogens (tertiary/aromatic N) is 1. The number of benzene rings is 1. The molecular formula is C16H23NO2. The van der Waals surface area contributed by atoms with Gasteiger partial charge in [0.25, 0.3) is 5.91 Å². The number of hydrogen-bond acceptors (Lipinski definition) is 2. The van der Waals surface area contributed by atoms with E-state index in [2.05, 4.69) is 0 Å². The number of carbonyl (C=O) groups excluding carboxylic acids is 1. The van der Waals surface area contributed by atoms with E-state index in [-0.39, 0.29) is 18.6 Å². The first-order valence-electron chi connectivity index (χ1n) is 7.12. The topological polar surface area (TPSA) is 40.5 Å². The fourth-order valence-electron chi connectivity index (χ4n) is 2.84. The number of aliphatic hydroxyl groups is 1. The highest BCUT2D eigenvalue weighted by atomic mass is 16.3. The predicted molar refractivity (Wildman–Crippen MR) is 76.3 cm³/mol. The number of rotatable bonds is 2. The monoisotopic (exact) mass is 261 g/mol. The van der Waals surface area contributed by atoms with Crippen molar-refractivity contribution in [1.29, 1.82) is 0 Å². The molecule has 3 nitrogen and oxygen atoms in total. The lowest BCUT2D eigenvalue weighted by atomic mass is 10.0. The lowest BCUT2D eigenvalue weighted by Gasteiger charge is -2.29. The molecule has 1 aliphatic rings. The fourth-order valence-corrected chi connectivity index (χ4v) is 2.84. The van der Waals surface area contributed by atoms with Crippen LogP contribution in [0.4, 0.5) is 0 Å². The summed E-state index contributed by atoms with van der Waals surface area (Å²) in [6, 6.07) is 5.91. The summed E-state index contributed by atoms with van der Waals surface area (Å²) >= 11 is 0. The molecule has 1 fully saturated rings. The Balaban J connectivity index is 2.25. The van der Waals surface area contributed by atoms with Crippen LogP contribution >= 0.6 is 0 Å². The van der Waals surface area contributed by atoms with E-state index in [1.807, 2.05) is 36.9 Å². The number of likely N-dealkylation sites (tertiary alicyclic amines) is 1. The maximum Gasteiger partial charge on any atom is 0.254 e. The van der Waals surface area contributed by atoms with Crippen LogP contribution in [-0.4, -0.2) is 35.1 Å². The van der Waals surface area contributed by atoms with Gasteiger partial charge in [0, 0.05) is 12.1 Å². The Morgan fingerprint density at radius 1 is 1.32 bits per heavy atom. The summed E-state index contributed by atoms with van der Waals surface area (Å²) in [7, 11) is 0. The third kappa shape index (κ3) is 3.16. The molecule has 0 radical (unpaired) electrons. The predicted octanol–water partition coefficient (Wildman–Crippen LogP) is 2.68. The highest BCUT2D eigenvalue weighted by Crippen LogP contribution is 2.21. The van der Waals surface area contributed by atoms with E-state index in [1.165, 1.54) is 5.56 Å². The van der Waals surface area contributed by atoms with Crippen LogP contribution in [0.2, 0.25) is 0 Å². The molecule has 1 unspecified atom stereocenters. The van der Waals surface area contributed by atoms with Gasteiger partial charge in [0.05, 0.1) is 12.6 Å². The average Bonchev–Trinajstić information content (AvgIpc) is 2.63. The van der Waals surface area contributed by atoms with Crippen LogP contribution in [0.3, 0.4) is 0 Å². The molecule has 1 saturated heterocycles. The Hall–Kier alpha value is -1.35. The summed E-state index contributed by atoms with van der Waals surface area (Å²) in [5.74, 6) is 0.0680. The zero-order valence-corrected chi connectivity index (χ0v) is 11.9. The van der Waals surface area contributed by atoms with Crippen LogP contribution < -0.4 is 0 Å². The van der Waals surface area contributed by atoms with E-state index in [0.717, 1.165) is 43.4 Å². The van der Waals surface area contributed by atoms with Crippen LogP contribution in [0.25, 0.3) is 0 Å². The molecule has 0 aliphatic carbocycles. The standard InChI is InChI=1S/C16H23NO2/c1-12-7-8-15(13(2)10-12)16(19)17-9-5-3-4-6-14(17)11-18/h7-8,10,14,18H,3-6,9,11H2,1-2H3. The maximum atomic E-state index is 12.7. The molecule has 3 heteroatoms. The van der Waals surface area contributed by atoms with Crippen LogP contribution in [0.5, 0.6) is 0 Å². The van der Waals surface area contributed by atoms with Gasteiger partial charge in [-0.2, -0.15) is 0 Å². The fraction of sp³-hybridized carbons (Fsp3) is 0.562. The summed E-state index contributed by atoms with van der Waals surface area (Å²) in [5.41, 5.74) is 2.96. The van der Waals surface area contributed by atoms with Crippen molar-refractivity contribution in [2.24, 2.45) is 0 Å². The minimum absolute atomic E-state index is 0.0179. The van der Waals surface area contributed by atoms with E-state index < -0.39 is 0 Å². The van der Waals surface area contributed by atoms with Gasteiger partial charge in [0.15, 0.2) is 0 Å². The molecule has 1 amide bonds. The second-order valence-corrected chi connectivity index (χ2v) is 5.50. The number of aliphatic hydroxyl groups excluding tert-OH is 1. The summed E-state index contributed by atoms with van der Waals surface area (Å²) in [5, 5.41) is 9.50. The molecule has 19 heavy (non-hydrogen) atoms. The van der Waals surface area contributed by atoms with Crippen molar-refractivity contribution in [2.45, 2.75) is 45.6 Å². The molecule has 1 aliphatic heterocycles. The third-order valence-electron chi connectivity index (χ3n) is 3.96. The smallest absolute Gasteiger partial charge is 0.254 e. The van der Waals surface area contributed by atoms with Gasteiger partial charge in [-0.1, -0.05) is 30.5 Å². The second kappa shape index (κ2) is 6.20. The van der Waals surface area contributed by atoms with Gasteiger partial charge in [0.2, 0.25) is 0 Å². The molecule has 1 aromatic carbocycles. The lowest BCUT2D eigenvalue weighted by molar-refractivity contribution is 0.0599. The maximum absolute atomic E-state index is 12.7. The average molecular weight is 261 g/mol. The Kier molecular flexibility index (Phi) is 4.59. The number of amides is 1.